The zero-order valence-corrected chi connectivity index (χ0v) is 10.9. The van der Waals surface area contributed by atoms with Crippen LogP contribution in [-0.4, -0.2) is 15.2 Å². The molecule has 1 heterocycles. The number of ether oxygens (including phenoxy) is 1. The Labute approximate surface area is 106 Å². The molecule has 5 nitrogen and oxygen atoms in total. The molecule has 2 aromatic rings. The average Bonchev–Trinajstić information content (AvgIpc) is 2.72. The van der Waals surface area contributed by atoms with Crippen LogP contribution in [0.4, 0.5) is 5.95 Å². The second kappa shape index (κ2) is 4.68. The van der Waals surface area contributed by atoms with E-state index in [0.29, 0.717) is 12.4 Å². The van der Waals surface area contributed by atoms with E-state index in [2.05, 4.69) is 48.1 Å². The minimum Gasteiger partial charge on any atom is -0.486 e. The predicted molar refractivity (Wildman–Crippen MR) is 70.3 cm³/mol. The molecule has 18 heavy (non-hydrogen) atoms. The van der Waals surface area contributed by atoms with E-state index in [0.717, 1.165) is 5.75 Å². The second-order valence-corrected chi connectivity index (χ2v) is 5.20. The summed E-state index contributed by atoms with van der Waals surface area (Å²) in [6, 6.07) is 8.06. The van der Waals surface area contributed by atoms with Crippen molar-refractivity contribution >= 4 is 5.95 Å². The van der Waals surface area contributed by atoms with Gasteiger partial charge in [-0.05, 0) is 23.1 Å². The van der Waals surface area contributed by atoms with E-state index in [4.69, 9.17) is 10.5 Å². The number of nitrogens with zero attached hydrogens (tertiary/aromatic N) is 2. The monoisotopic (exact) mass is 246 g/mol. The summed E-state index contributed by atoms with van der Waals surface area (Å²) in [4.78, 5) is 3.97. The molecule has 0 spiro atoms. The van der Waals surface area contributed by atoms with Gasteiger partial charge in [0.25, 0.3) is 0 Å². The lowest BCUT2D eigenvalue weighted by Gasteiger charge is -2.19. The van der Waals surface area contributed by atoms with Gasteiger partial charge < -0.3 is 10.5 Å². The lowest BCUT2D eigenvalue weighted by Crippen LogP contribution is -2.10. The Balaban J connectivity index is 1.98. The molecule has 2 rings (SSSR count). The van der Waals surface area contributed by atoms with Crippen molar-refractivity contribution in [3.8, 4) is 5.75 Å². The highest BCUT2D eigenvalue weighted by atomic mass is 16.5. The van der Waals surface area contributed by atoms with Gasteiger partial charge in [0.1, 0.15) is 12.4 Å². The quantitative estimate of drug-likeness (QED) is 0.871. The zero-order chi connectivity index (χ0) is 13.2. The van der Waals surface area contributed by atoms with Crippen LogP contribution in [-0.2, 0) is 12.0 Å². The summed E-state index contributed by atoms with van der Waals surface area (Å²) in [5, 5.41) is 6.44. The third-order valence-electron chi connectivity index (χ3n) is 2.64. The highest BCUT2D eigenvalue weighted by molar-refractivity contribution is 5.31. The van der Waals surface area contributed by atoms with Crippen LogP contribution in [0.2, 0.25) is 0 Å². The molecular formula is C13H18N4O. The van der Waals surface area contributed by atoms with Gasteiger partial charge in [0.05, 0.1) is 0 Å². The number of hydrogen-bond donors (Lipinski definition) is 2. The Morgan fingerprint density at radius 3 is 2.39 bits per heavy atom. The molecule has 0 fully saturated rings. The van der Waals surface area contributed by atoms with Gasteiger partial charge in [-0.25, -0.2) is 0 Å². The van der Waals surface area contributed by atoms with Crippen molar-refractivity contribution in [3.05, 3.63) is 35.7 Å². The largest absolute Gasteiger partial charge is 0.486 e. The normalized spacial score (nSPS) is 11.5. The molecule has 0 radical (unpaired) electrons. The highest BCUT2D eigenvalue weighted by Gasteiger charge is 2.13. The maximum absolute atomic E-state index is 5.58. The van der Waals surface area contributed by atoms with Crippen LogP contribution >= 0.6 is 0 Å². The van der Waals surface area contributed by atoms with Gasteiger partial charge in [0, 0.05) is 0 Å². The summed E-state index contributed by atoms with van der Waals surface area (Å²) in [5.74, 6) is 1.65. The number of benzene rings is 1. The van der Waals surface area contributed by atoms with Gasteiger partial charge in [-0.15, -0.1) is 5.10 Å². The minimum absolute atomic E-state index is 0.151. The van der Waals surface area contributed by atoms with Gasteiger partial charge in [0.2, 0.25) is 5.95 Å². The average molecular weight is 246 g/mol. The first-order valence-corrected chi connectivity index (χ1v) is 5.85. The van der Waals surface area contributed by atoms with E-state index in [-0.39, 0.29) is 11.4 Å². The first kappa shape index (κ1) is 12.4. The fourth-order valence-electron chi connectivity index (χ4n) is 1.58. The number of aromatic amines is 1. The Kier molecular flexibility index (Phi) is 3.23. The van der Waals surface area contributed by atoms with Crippen LogP contribution in [0, 0.1) is 0 Å². The number of aromatic nitrogens is 3. The SMILES string of the molecule is CC(C)(C)c1ccc(OCc2nc(N)n[nH]2)cc1. The molecule has 5 heteroatoms. The van der Waals surface area contributed by atoms with Crippen LogP contribution in [0.1, 0.15) is 32.2 Å². The highest BCUT2D eigenvalue weighted by Crippen LogP contribution is 2.24. The third kappa shape index (κ3) is 3.00. The molecule has 3 N–H and O–H groups in total. The fraction of sp³-hybridized carbons (Fsp3) is 0.385. The van der Waals surface area contributed by atoms with E-state index in [1.54, 1.807) is 0 Å². The topological polar surface area (TPSA) is 76.8 Å². The number of anilines is 1. The molecule has 0 aliphatic carbocycles. The summed E-state index contributed by atoms with van der Waals surface area (Å²) in [6.07, 6.45) is 0. The maximum Gasteiger partial charge on any atom is 0.239 e. The van der Waals surface area contributed by atoms with Crippen molar-refractivity contribution in [2.75, 3.05) is 5.73 Å². The van der Waals surface area contributed by atoms with Gasteiger partial charge >= 0.3 is 0 Å². The molecule has 0 atom stereocenters. The van der Waals surface area contributed by atoms with Gasteiger partial charge in [0.15, 0.2) is 5.82 Å². The number of nitrogen functional groups attached to an aromatic ring is 1. The summed E-state index contributed by atoms with van der Waals surface area (Å²) in [5.41, 5.74) is 6.83. The lowest BCUT2D eigenvalue weighted by molar-refractivity contribution is 0.296. The Hall–Kier alpha value is -2.04. The van der Waals surface area contributed by atoms with Gasteiger partial charge in [-0.3, -0.25) is 5.10 Å². The molecule has 1 aromatic carbocycles. The van der Waals surface area contributed by atoms with Crippen molar-refractivity contribution in [3.63, 3.8) is 0 Å². The molecule has 1 aromatic heterocycles. The number of rotatable bonds is 3. The van der Waals surface area contributed by atoms with Crippen molar-refractivity contribution in [2.45, 2.75) is 32.8 Å². The molecule has 0 aliphatic rings. The number of H-pyrrole nitrogens is 1. The van der Waals surface area contributed by atoms with Crippen molar-refractivity contribution in [1.29, 1.82) is 0 Å². The molecule has 0 saturated heterocycles. The first-order valence-electron chi connectivity index (χ1n) is 5.85. The van der Waals surface area contributed by atoms with Crippen LogP contribution in [0.3, 0.4) is 0 Å². The summed E-state index contributed by atoms with van der Waals surface area (Å²) < 4.78 is 5.58. The molecular weight excluding hydrogens is 228 g/mol. The Morgan fingerprint density at radius 1 is 1.22 bits per heavy atom. The van der Waals surface area contributed by atoms with Crippen molar-refractivity contribution in [1.82, 2.24) is 15.2 Å². The Morgan fingerprint density at radius 2 is 1.89 bits per heavy atom. The second-order valence-electron chi connectivity index (χ2n) is 5.20. The summed E-state index contributed by atoms with van der Waals surface area (Å²) >= 11 is 0. The molecule has 0 bridgehead atoms. The minimum atomic E-state index is 0.151. The smallest absolute Gasteiger partial charge is 0.239 e. The van der Waals surface area contributed by atoms with E-state index in [9.17, 15) is 0 Å². The van der Waals surface area contributed by atoms with Crippen molar-refractivity contribution in [2.24, 2.45) is 0 Å². The number of nitrogens with two attached hydrogens (primary N) is 1. The molecule has 96 valence electrons. The number of hydrogen-bond acceptors (Lipinski definition) is 4. The van der Waals surface area contributed by atoms with E-state index in [1.165, 1.54) is 5.56 Å². The van der Waals surface area contributed by atoms with Crippen molar-refractivity contribution < 1.29 is 4.74 Å². The van der Waals surface area contributed by atoms with Gasteiger partial charge in [-0.2, -0.15) is 4.98 Å². The van der Waals surface area contributed by atoms with Gasteiger partial charge in [-0.1, -0.05) is 32.9 Å². The van der Waals surface area contributed by atoms with E-state index < -0.39 is 0 Å². The van der Waals surface area contributed by atoms with E-state index in [1.807, 2.05) is 12.1 Å². The van der Waals surface area contributed by atoms with E-state index >= 15 is 0 Å². The molecule has 0 saturated carbocycles. The van der Waals surface area contributed by atoms with Crippen LogP contribution < -0.4 is 10.5 Å². The Bertz CT molecular complexity index is 511. The zero-order valence-electron chi connectivity index (χ0n) is 10.9. The first-order chi connectivity index (χ1) is 8.45. The lowest BCUT2D eigenvalue weighted by atomic mass is 9.87. The predicted octanol–water partition coefficient (Wildman–Crippen LogP) is 2.26. The molecule has 0 amide bonds. The molecule has 0 aliphatic heterocycles. The summed E-state index contributed by atoms with van der Waals surface area (Å²) in [7, 11) is 0. The number of nitrogens with one attached hydrogen (secondary N) is 1. The maximum atomic E-state index is 5.58. The fourth-order valence-corrected chi connectivity index (χ4v) is 1.58. The van der Waals surface area contributed by atoms with Crippen LogP contribution in [0.5, 0.6) is 5.75 Å². The molecule has 0 unspecified atom stereocenters. The standard InChI is InChI=1S/C13H18N4O/c1-13(2,3)9-4-6-10(7-5-9)18-8-11-15-12(14)17-16-11/h4-7H,8H2,1-3H3,(H3,14,15,16,17). The third-order valence-corrected chi connectivity index (χ3v) is 2.64. The van der Waals surface area contributed by atoms with Crippen LogP contribution in [0.25, 0.3) is 0 Å². The van der Waals surface area contributed by atoms with Crippen LogP contribution in [0.15, 0.2) is 24.3 Å². The summed E-state index contributed by atoms with van der Waals surface area (Å²) in [6.45, 7) is 6.87.